The van der Waals surface area contributed by atoms with Crippen molar-refractivity contribution in [1.29, 1.82) is 0 Å². The summed E-state index contributed by atoms with van der Waals surface area (Å²) in [6.45, 7) is 5.92. The maximum atomic E-state index is 4.44. The van der Waals surface area contributed by atoms with Gasteiger partial charge in [-0.15, -0.1) is 0 Å². The number of hydrogen-bond donors (Lipinski definition) is 1. The Morgan fingerprint density at radius 3 is 2.25 bits per heavy atom. The summed E-state index contributed by atoms with van der Waals surface area (Å²) >= 11 is 0. The third kappa shape index (κ3) is 3.20. The molecule has 0 aliphatic heterocycles. The van der Waals surface area contributed by atoms with Crippen LogP contribution in [-0.4, -0.2) is 23.9 Å². The van der Waals surface area contributed by atoms with E-state index in [0.29, 0.717) is 0 Å². The number of hydrogen-bond acceptors (Lipinski definition) is 3. The fraction of sp³-hybridized carbons (Fsp3) is 0.438. The lowest BCUT2D eigenvalue weighted by Crippen LogP contribution is -2.14. The van der Waals surface area contributed by atoms with E-state index in [9.17, 15) is 0 Å². The number of nitrogens with one attached hydrogen (secondary N) is 1. The Hall–Kier alpha value is -1.81. The van der Waals surface area contributed by atoms with Crippen molar-refractivity contribution in [1.82, 2.24) is 15.1 Å². The van der Waals surface area contributed by atoms with Crippen LogP contribution in [0, 0.1) is 13.8 Å². The van der Waals surface area contributed by atoms with Crippen LogP contribution in [0.1, 0.15) is 22.5 Å². The molecule has 0 aliphatic rings. The molecule has 2 aromatic rings. The normalized spacial score (nSPS) is 10.8. The van der Waals surface area contributed by atoms with E-state index in [0.717, 1.165) is 18.8 Å². The highest BCUT2D eigenvalue weighted by Crippen LogP contribution is 2.13. The SMILES string of the molecule is Cc1nn(C)c(C)c1CNCc1ccc(N(C)C)cc1. The average molecular weight is 272 g/mol. The van der Waals surface area contributed by atoms with E-state index < -0.39 is 0 Å². The van der Waals surface area contributed by atoms with Gasteiger partial charge in [0.25, 0.3) is 0 Å². The standard InChI is InChI=1S/C16H24N4/c1-12-16(13(2)20(5)18-12)11-17-10-14-6-8-15(9-7-14)19(3)4/h6-9,17H,10-11H2,1-5H3. The molecule has 1 aromatic carbocycles. The first-order chi connectivity index (χ1) is 9.49. The number of nitrogens with zero attached hydrogens (tertiary/aromatic N) is 3. The van der Waals surface area contributed by atoms with E-state index in [1.165, 1.54) is 22.5 Å². The summed E-state index contributed by atoms with van der Waals surface area (Å²) in [5, 5.41) is 7.93. The molecule has 0 unspecified atom stereocenters. The van der Waals surface area contributed by atoms with Crippen LogP contribution in [0.15, 0.2) is 24.3 Å². The number of aromatic nitrogens is 2. The van der Waals surface area contributed by atoms with Crippen LogP contribution >= 0.6 is 0 Å². The lowest BCUT2D eigenvalue weighted by molar-refractivity contribution is 0.684. The van der Waals surface area contributed by atoms with Crippen molar-refractivity contribution in [3.8, 4) is 0 Å². The van der Waals surface area contributed by atoms with Crippen molar-refractivity contribution in [3.05, 3.63) is 46.8 Å². The van der Waals surface area contributed by atoms with Crippen LogP contribution in [0.2, 0.25) is 0 Å². The van der Waals surface area contributed by atoms with Gasteiger partial charge in [0, 0.05) is 51.2 Å². The number of anilines is 1. The van der Waals surface area contributed by atoms with Crippen molar-refractivity contribution in [2.45, 2.75) is 26.9 Å². The highest BCUT2D eigenvalue weighted by molar-refractivity contribution is 5.45. The van der Waals surface area contributed by atoms with Crippen LogP contribution in [0.25, 0.3) is 0 Å². The zero-order valence-electron chi connectivity index (χ0n) is 13.1. The third-order valence-electron chi connectivity index (χ3n) is 3.74. The predicted molar refractivity (Wildman–Crippen MR) is 84.0 cm³/mol. The van der Waals surface area contributed by atoms with Gasteiger partial charge in [-0.05, 0) is 31.5 Å². The zero-order valence-corrected chi connectivity index (χ0v) is 13.1. The van der Waals surface area contributed by atoms with Crippen molar-refractivity contribution in [3.63, 3.8) is 0 Å². The van der Waals surface area contributed by atoms with Crippen molar-refractivity contribution in [2.75, 3.05) is 19.0 Å². The summed E-state index contributed by atoms with van der Waals surface area (Å²) in [7, 11) is 6.11. The molecule has 2 rings (SSSR count). The Morgan fingerprint density at radius 1 is 1.10 bits per heavy atom. The minimum atomic E-state index is 0.862. The van der Waals surface area contributed by atoms with E-state index in [-0.39, 0.29) is 0 Å². The van der Waals surface area contributed by atoms with Crippen LogP contribution < -0.4 is 10.2 Å². The van der Waals surface area contributed by atoms with E-state index in [1.807, 2.05) is 11.7 Å². The Morgan fingerprint density at radius 2 is 1.75 bits per heavy atom. The van der Waals surface area contributed by atoms with Crippen LogP contribution in [0.3, 0.4) is 0 Å². The van der Waals surface area contributed by atoms with Gasteiger partial charge in [0.2, 0.25) is 0 Å². The maximum absolute atomic E-state index is 4.44. The monoisotopic (exact) mass is 272 g/mol. The lowest BCUT2D eigenvalue weighted by Gasteiger charge is -2.13. The molecule has 0 aliphatic carbocycles. The minimum Gasteiger partial charge on any atom is -0.378 e. The van der Waals surface area contributed by atoms with Crippen LogP contribution in [0.4, 0.5) is 5.69 Å². The molecule has 4 nitrogen and oxygen atoms in total. The van der Waals surface area contributed by atoms with E-state index >= 15 is 0 Å². The highest BCUT2D eigenvalue weighted by atomic mass is 15.3. The molecule has 0 amide bonds. The first-order valence-electron chi connectivity index (χ1n) is 6.95. The van der Waals surface area contributed by atoms with E-state index in [4.69, 9.17) is 0 Å². The summed E-state index contributed by atoms with van der Waals surface area (Å²) in [5.74, 6) is 0. The molecule has 0 fully saturated rings. The number of benzene rings is 1. The van der Waals surface area contributed by atoms with Gasteiger partial charge in [0.05, 0.1) is 5.69 Å². The van der Waals surface area contributed by atoms with Gasteiger partial charge in [-0.3, -0.25) is 4.68 Å². The molecule has 0 radical (unpaired) electrons. The smallest absolute Gasteiger partial charge is 0.0641 e. The molecule has 1 aromatic heterocycles. The topological polar surface area (TPSA) is 33.1 Å². The molecule has 0 spiro atoms. The summed E-state index contributed by atoms with van der Waals surface area (Å²) in [6.07, 6.45) is 0. The second-order valence-corrected chi connectivity index (χ2v) is 5.44. The second kappa shape index (κ2) is 6.09. The van der Waals surface area contributed by atoms with Gasteiger partial charge in [-0.25, -0.2) is 0 Å². The van der Waals surface area contributed by atoms with Gasteiger partial charge < -0.3 is 10.2 Å². The van der Waals surface area contributed by atoms with Crippen molar-refractivity contribution >= 4 is 5.69 Å². The molecule has 1 N–H and O–H groups in total. The highest BCUT2D eigenvalue weighted by Gasteiger charge is 2.08. The summed E-state index contributed by atoms with van der Waals surface area (Å²) in [6, 6.07) is 8.64. The van der Waals surface area contributed by atoms with Gasteiger partial charge >= 0.3 is 0 Å². The Balaban J connectivity index is 1.92. The van der Waals surface area contributed by atoms with Crippen LogP contribution in [0.5, 0.6) is 0 Å². The quantitative estimate of drug-likeness (QED) is 0.907. The molecular formula is C16H24N4. The Kier molecular flexibility index (Phi) is 4.45. The summed E-state index contributed by atoms with van der Waals surface area (Å²) in [5.41, 5.74) is 6.18. The second-order valence-electron chi connectivity index (χ2n) is 5.44. The first-order valence-corrected chi connectivity index (χ1v) is 6.95. The third-order valence-corrected chi connectivity index (χ3v) is 3.74. The zero-order chi connectivity index (χ0) is 14.7. The predicted octanol–water partition coefficient (Wildman–Crippen LogP) is 2.39. The summed E-state index contributed by atoms with van der Waals surface area (Å²) < 4.78 is 1.94. The van der Waals surface area contributed by atoms with Gasteiger partial charge in [-0.2, -0.15) is 5.10 Å². The van der Waals surface area contributed by atoms with Gasteiger partial charge in [0.15, 0.2) is 0 Å². The van der Waals surface area contributed by atoms with Crippen molar-refractivity contribution < 1.29 is 0 Å². The number of rotatable bonds is 5. The summed E-state index contributed by atoms with van der Waals surface area (Å²) in [4.78, 5) is 2.11. The fourth-order valence-electron chi connectivity index (χ4n) is 2.32. The molecule has 0 saturated heterocycles. The molecule has 1 heterocycles. The van der Waals surface area contributed by atoms with Crippen LogP contribution in [-0.2, 0) is 20.1 Å². The van der Waals surface area contributed by atoms with Crippen molar-refractivity contribution in [2.24, 2.45) is 7.05 Å². The van der Waals surface area contributed by atoms with Gasteiger partial charge in [0.1, 0.15) is 0 Å². The number of aryl methyl sites for hydroxylation is 2. The molecule has 0 atom stereocenters. The molecule has 0 saturated carbocycles. The maximum Gasteiger partial charge on any atom is 0.0641 e. The Bertz CT molecular complexity index is 567. The molecular weight excluding hydrogens is 248 g/mol. The Labute approximate surface area is 121 Å². The largest absolute Gasteiger partial charge is 0.378 e. The first kappa shape index (κ1) is 14.6. The van der Waals surface area contributed by atoms with E-state index in [2.05, 4.69) is 67.5 Å². The molecule has 0 bridgehead atoms. The molecule has 20 heavy (non-hydrogen) atoms. The molecule has 108 valence electrons. The van der Waals surface area contributed by atoms with Gasteiger partial charge in [-0.1, -0.05) is 12.1 Å². The minimum absolute atomic E-state index is 0.862. The molecule has 4 heteroatoms. The lowest BCUT2D eigenvalue weighted by atomic mass is 10.1. The fourth-order valence-corrected chi connectivity index (χ4v) is 2.32. The van der Waals surface area contributed by atoms with E-state index in [1.54, 1.807) is 0 Å². The average Bonchev–Trinajstić information content (AvgIpc) is 2.65.